The number of hydrogen-bond acceptors (Lipinski definition) is 5. The Balaban J connectivity index is 0.00000254. The van der Waals surface area contributed by atoms with Crippen molar-refractivity contribution >= 4 is 17.6 Å². The number of rotatable bonds is 5. The molecule has 1 aromatic heterocycles. The first kappa shape index (κ1) is 21.9. The van der Waals surface area contributed by atoms with Crippen LogP contribution >= 0.6 is 0 Å². The monoisotopic (exact) mass is 342 g/mol. The van der Waals surface area contributed by atoms with Crippen LogP contribution in [0.2, 0.25) is 0 Å². The molecule has 0 spiro atoms. The lowest BCUT2D eigenvalue weighted by Crippen LogP contribution is -2.39. The lowest BCUT2D eigenvalue weighted by molar-refractivity contribution is 0.0303. The number of nitrogens with two attached hydrogens (primary N) is 1. The Labute approximate surface area is 144 Å². The fourth-order valence-electron chi connectivity index (χ4n) is 1.78. The van der Waals surface area contributed by atoms with Gasteiger partial charge in [0.05, 0.1) is 11.9 Å². The Morgan fingerprint density at radius 1 is 1.33 bits per heavy atom. The summed E-state index contributed by atoms with van der Waals surface area (Å²) in [5.74, 6) is -0.665. The summed E-state index contributed by atoms with van der Waals surface area (Å²) in [4.78, 5) is 19.1. The fraction of sp³-hybridized carbons (Fsp3) is 0.647. The van der Waals surface area contributed by atoms with Gasteiger partial charge in [-0.15, -0.1) is 0 Å². The zero-order valence-electron chi connectivity index (χ0n) is 15.9. The van der Waals surface area contributed by atoms with Crippen LogP contribution in [-0.2, 0) is 4.74 Å². The molecular weight excluding hydrogens is 311 g/mol. The number of nitrogen functional groups attached to an aromatic ring is 1. The van der Waals surface area contributed by atoms with E-state index in [1.165, 1.54) is 17.2 Å². The molecule has 2 N–H and O–H groups in total. The first-order chi connectivity index (χ1) is 11.1. The summed E-state index contributed by atoms with van der Waals surface area (Å²) in [6.07, 6.45) is 1.14. The number of anilines is 2. The molecule has 1 aromatic rings. The molecule has 0 aromatic carbocycles. The van der Waals surface area contributed by atoms with Crippen LogP contribution in [0.5, 0.6) is 0 Å². The molecule has 0 unspecified atom stereocenters. The van der Waals surface area contributed by atoms with Crippen molar-refractivity contribution in [3.05, 3.63) is 18.1 Å². The second kappa shape index (κ2) is 9.95. The van der Waals surface area contributed by atoms with Gasteiger partial charge in [-0.1, -0.05) is 13.8 Å². The zero-order chi connectivity index (χ0) is 18.9. The summed E-state index contributed by atoms with van der Waals surface area (Å²) in [5.41, 5.74) is 5.48. The summed E-state index contributed by atoms with van der Waals surface area (Å²) in [6, 6.07) is 1.35. The van der Waals surface area contributed by atoms with Gasteiger partial charge in [0.1, 0.15) is 5.60 Å². The molecule has 1 rings (SSSR count). The maximum absolute atomic E-state index is 13.5. The van der Waals surface area contributed by atoms with Gasteiger partial charge in [-0.3, -0.25) is 0 Å². The van der Waals surface area contributed by atoms with Crippen LogP contribution in [0.3, 0.4) is 0 Å². The van der Waals surface area contributed by atoms with Crippen molar-refractivity contribution in [1.29, 1.82) is 0 Å². The van der Waals surface area contributed by atoms with Crippen molar-refractivity contribution in [1.82, 2.24) is 9.88 Å². The quantitative estimate of drug-likeness (QED) is 0.886. The molecular formula is C17H31FN4O2. The van der Waals surface area contributed by atoms with E-state index in [0.29, 0.717) is 25.3 Å². The third-order valence-electron chi connectivity index (χ3n) is 3.01. The average molecular weight is 342 g/mol. The Morgan fingerprint density at radius 2 is 1.92 bits per heavy atom. The Kier molecular flexibility index (Phi) is 9.10. The highest BCUT2D eigenvalue weighted by molar-refractivity contribution is 5.67. The van der Waals surface area contributed by atoms with E-state index < -0.39 is 11.4 Å². The lowest BCUT2D eigenvalue weighted by atomic mass is 10.2. The van der Waals surface area contributed by atoms with Crippen molar-refractivity contribution in [3.63, 3.8) is 0 Å². The van der Waals surface area contributed by atoms with E-state index in [0.717, 1.165) is 0 Å². The van der Waals surface area contributed by atoms with E-state index in [4.69, 9.17) is 10.5 Å². The Bertz CT molecular complexity index is 518. The van der Waals surface area contributed by atoms with Gasteiger partial charge < -0.3 is 20.3 Å². The topological polar surface area (TPSA) is 71.7 Å². The standard InChI is InChI=1S/C15H25FN4O2.C2H6/c1-6-20(11-9-12(16)13(17)18-10-11)8-7-19(5)14(21)22-15(2,3)4;1-2/h9-10H,6-8H2,1-5H3,(H2,17,18);1-2H3. The third kappa shape index (κ3) is 7.48. The smallest absolute Gasteiger partial charge is 0.410 e. The van der Waals surface area contributed by atoms with E-state index in [-0.39, 0.29) is 11.9 Å². The average Bonchev–Trinajstić information content (AvgIpc) is 2.51. The molecule has 0 aliphatic heterocycles. The Hall–Kier alpha value is -2.05. The summed E-state index contributed by atoms with van der Waals surface area (Å²) in [7, 11) is 1.67. The van der Waals surface area contributed by atoms with Crippen molar-refractivity contribution < 1.29 is 13.9 Å². The molecule has 138 valence electrons. The molecule has 1 heterocycles. The van der Waals surface area contributed by atoms with Gasteiger partial charge in [0.25, 0.3) is 0 Å². The van der Waals surface area contributed by atoms with E-state index in [9.17, 15) is 9.18 Å². The van der Waals surface area contributed by atoms with Gasteiger partial charge >= 0.3 is 6.09 Å². The molecule has 6 nitrogen and oxygen atoms in total. The minimum Gasteiger partial charge on any atom is -0.444 e. The van der Waals surface area contributed by atoms with Crippen LogP contribution in [0.1, 0.15) is 41.5 Å². The van der Waals surface area contributed by atoms with E-state index in [2.05, 4.69) is 4.98 Å². The van der Waals surface area contributed by atoms with Crippen LogP contribution in [0.25, 0.3) is 0 Å². The van der Waals surface area contributed by atoms with Gasteiger partial charge in [0.2, 0.25) is 0 Å². The highest BCUT2D eigenvalue weighted by Gasteiger charge is 2.20. The first-order valence-electron chi connectivity index (χ1n) is 8.24. The molecule has 0 atom stereocenters. The zero-order valence-corrected chi connectivity index (χ0v) is 15.9. The maximum Gasteiger partial charge on any atom is 0.410 e. The third-order valence-corrected chi connectivity index (χ3v) is 3.01. The largest absolute Gasteiger partial charge is 0.444 e. The van der Waals surface area contributed by atoms with Crippen LogP contribution in [0, 0.1) is 5.82 Å². The van der Waals surface area contributed by atoms with Crippen LogP contribution in [0.15, 0.2) is 12.3 Å². The van der Waals surface area contributed by atoms with Crippen molar-refractivity contribution in [2.75, 3.05) is 37.3 Å². The second-order valence-corrected chi connectivity index (χ2v) is 6.04. The molecule has 0 saturated heterocycles. The van der Waals surface area contributed by atoms with Gasteiger partial charge in [-0.2, -0.15) is 0 Å². The van der Waals surface area contributed by atoms with E-state index in [1.54, 1.807) is 7.05 Å². The van der Waals surface area contributed by atoms with Gasteiger partial charge in [-0.05, 0) is 27.7 Å². The van der Waals surface area contributed by atoms with Gasteiger partial charge in [0, 0.05) is 32.7 Å². The van der Waals surface area contributed by atoms with E-state index in [1.807, 2.05) is 46.4 Å². The SMILES string of the molecule is CC.CCN(CCN(C)C(=O)OC(C)(C)C)c1cnc(N)c(F)c1. The molecule has 7 heteroatoms. The number of aromatic nitrogens is 1. The number of halogens is 1. The summed E-state index contributed by atoms with van der Waals surface area (Å²) in [5, 5.41) is 0. The molecule has 0 fully saturated rings. The van der Waals surface area contributed by atoms with Crippen molar-refractivity contribution in [2.45, 2.75) is 47.1 Å². The number of ether oxygens (including phenoxy) is 1. The fourth-order valence-corrected chi connectivity index (χ4v) is 1.78. The summed E-state index contributed by atoms with van der Waals surface area (Å²) < 4.78 is 18.8. The number of nitrogens with zero attached hydrogens (tertiary/aromatic N) is 3. The molecule has 0 radical (unpaired) electrons. The molecule has 0 bridgehead atoms. The van der Waals surface area contributed by atoms with Gasteiger partial charge in [0.15, 0.2) is 11.6 Å². The number of amides is 1. The van der Waals surface area contributed by atoms with Crippen LogP contribution < -0.4 is 10.6 Å². The lowest BCUT2D eigenvalue weighted by Gasteiger charge is -2.28. The number of pyridine rings is 1. The Morgan fingerprint density at radius 3 is 2.38 bits per heavy atom. The molecule has 0 saturated carbocycles. The number of carbonyl (C=O) groups excluding carboxylic acids is 1. The summed E-state index contributed by atoms with van der Waals surface area (Å²) in [6.45, 7) is 13.1. The predicted octanol–water partition coefficient (Wildman–Crippen LogP) is 3.52. The predicted molar refractivity (Wildman–Crippen MR) is 96.7 cm³/mol. The van der Waals surface area contributed by atoms with Crippen molar-refractivity contribution in [2.24, 2.45) is 0 Å². The molecule has 0 aliphatic rings. The van der Waals surface area contributed by atoms with Crippen molar-refractivity contribution in [3.8, 4) is 0 Å². The number of hydrogen-bond donors (Lipinski definition) is 1. The first-order valence-corrected chi connectivity index (χ1v) is 8.24. The van der Waals surface area contributed by atoms with Crippen LogP contribution in [0.4, 0.5) is 20.7 Å². The maximum atomic E-state index is 13.5. The number of likely N-dealkylation sites (N-methyl/N-ethyl adjacent to an activating group) is 2. The van der Waals surface area contributed by atoms with Crippen LogP contribution in [-0.4, -0.2) is 48.3 Å². The molecule has 1 amide bonds. The highest BCUT2D eigenvalue weighted by Crippen LogP contribution is 2.17. The highest BCUT2D eigenvalue weighted by atomic mass is 19.1. The number of carbonyl (C=O) groups is 1. The van der Waals surface area contributed by atoms with E-state index >= 15 is 0 Å². The summed E-state index contributed by atoms with van der Waals surface area (Å²) >= 11 is 0. The minimum absolute atomic E-state index is 0.120. The molecule has 0 aliphatic carbocycles. The normalized spacial score (nSPS) is 10.5. The second-order valence-electron chi connectivity index (χ2n) is 6.04. The minimum atomic E-state index is -0.545. The molecule has 24 heavy (non-hydrogen) atoms. The van der Waals surface area contributed by atoms with Gasteiger partial charge in [-0.25, -0.2) is 14.2 Å².